The number of nitrogens with zero attached hydrogens (tertiary/aromatic N) is 4. The van der Waals surface area contributed by atoms with Crippen LogP contribution in [-0.4, -0.2) is 33.7 Å². The third-order valence-corrected chi connectivity index (χ3v) is 8.88. The van der Waals surface area contributed by atoms with Gasteiger partial charge in [-0.05, 0) is 84.1 Å². The Morgan fingerprint density at radius 1 is 0.409 bits per heavy atom. The van der Waals surface area contributed by atoms with Crippen LogP contribution in [0.25, 0.3) is 68.1 Å². The second kappa shape index (κ2) is 11.4. The normalized spacial score (nSPS) is 11.5. The minimum Gasteiger partial charge on any atom is -0.416 e. The van der Waals surface area contributed by atoms with Crippen LogP contribution in [0.1, 0.15) is 0 Å². The fraction of sp³-hybridized carbons (Fsp3) is 0.0556. The third kappa shape index (κ3) is 5.65. The van der Waals surface area contributed by atoms with Crippen LogP contribution in [-0.2, 0) is 4.57 Å². The van der Waals surface area contributed by atoms with E-state index in [1.165, 1.54) is 0 Å². The van der Waals surface area contributed by atoms with Gasteiger partial charge in [-0.15, -0.1) is 20.4 Å². The summed E-state index contributed by atoms with van der Waals surface area (Å²) < 4.78 is 24.8. The van der Waals surface area contributed by atoms with Crippen molar-refractivity contribution < 1.29 is 13.4 Å². The average Bonchev–Trinajstić information content (AvgIpc) is 3.77. The summed E-state index contributed by atoms with van der Waals surface area (Å²) >= 11 is 0. The molecule has 2 heterocycles. The van der Waals surface area contributed by atoms with Crippen molar-refractivity contribution in [3.63, 3.8) is 0 Å². The van der Waals surface area contributed by atoms with Crippen molar-refractivity contribution in [2.24, 2.45) is 0 Å². The Hall–Kier alpha value is -5.39. The summed E-state index contributed by atoms with van der Waals surface area (Å²) in [6, 6.07) is 41.5. The molecule has 0 fully saturated rings. The molecule has 0 atom stereocenters. The second-order valence-corrected chi connectivity index (χ2v) is 14.1. The van der Waals surface area contributed by atoms with E-state index in [-0.39, 0.29) is 0 Å². The minimum absolute atomic E-state index is 0.380. The Morgan fingerprint density at radius 2 is 0.795 bits per heavy atom. The molecular weight excluding hydrogens is 567 g/mol. The van der Waals surface area contributed by atoms with Crippen LogP contribution in [0.5, 0.6) is 0 Å². The summed E-state index contributed by atoms with van der Waals surface area (Å²) in [5.74, 6) is 1.63. The highest BCUT2D eigenvalue weighted by molar-refractivity contribution is 7.70. The van der Waals surface area contributed by atoms with E-state index in [9.17, 15) is 4.57 Å². The van der Waals surface area contributed by atoms with Crippen molar-refractivity contribution >= 4 is 12.4 Å². The Morgan fingerprint density at radius 3 is 1.27 bits per heavy atom. The molecule has 0 bridgehead atoms. The van der Waals surface area contributed by atoms with Gasteiger partial charge in [-0.25, -0.2) is 0 Å². The van der Waals surface area contributed by atoms with E-state index >= 15 is 0 Å². The molecule has 7 aromatic rings. The van der Waals surface area contributed by atoms with Crippen molar-refractivity contribution in [2.75, 3.05) is 13.3 Å². The van der Waals surface area contributed by atoms with Crippen LogP contribution in [0.2, 0.25) is 0 Å². The van der Waals surface area contributed by atoms with E-state index in [0.29, 0.717) is 23.6 Å². The van der Waals surface area contributed by atoms with Gasteiger partial charge in [0.1, 0.15) is 7.14 Å². The first-order chi connectivity index (χ1) is 21.4. The molecule has 0 aliphatic rings. The lowest BCUT2D eigenvalue weighted by atomic mass is 9.96. The molecule has 0 aliphatic carbocycles. The number of hydrogen-bond acceptors (Lipinski definition) is 7. The molecule has 8 heteroatoms. The first-order valence-electron chi connectivity index (χ1n) is 14.1. The zero-order valence-electron chi connectivity index (χ0n) is 24.1. The predicted octanol–water partition coefficient (Wildman–Crippen LogP) is 8.70. The maximum Gasteiger partial charge on any atom is 0.248 e. The van der Waals surface area contributed by atoms with Gasteiger partial charge in [0.2, 0.25) is 23.6 Å². The van der Waals surface area contributed by atoms with Crippen LogP contribution >= 0.6 is 7.14 Å². The predicted molar refractivity (Wildman–Crippen MR) is 174 cm³/mol. The molecule has 0 saturated carbocycles. The zero-order valence-corrected chi connectivity index (χ0v) is 25.0. The lowest BCUT2D eigenvalue weighted by Gasteiger charge is -2.11. The van der Waals surface area contributed by atoms with E-state index in [1.54, 1.807) is 13.3 Å². The maximum atomic E-state index is 12.5. The Kier molecular flexibility index (Phi) is 7.09. The lowest BCUT2D eigenvalue weighted by molar-refractivity contribution is 0.582. The average molecular weight is 595 g/mol. The van der Waals surface area contributed by atoms with Gasteiger partial charge in [0, 0.05) is 27.6 Å². The van der Waals surface area contributed by atoms with Gasteiger partial charge in [-0.3, -0.25) is 0 Å². The topological polar surface area (TPSA) is 94.9 Å². The summed E-state index contributed by atoms with van der Waals surface area (Å²) in [5, 5.41) is 18.2. The van der Waals surface area contributed by atoms with Crippen LogP contribution in [0.15, 0.2) is 136 Å². The molecule has 0 amide bonds. The first-order valence-corrected chi connectivity index (χ1v) is 16.7. The molecule has 5 aromatic carbocycles. The summed E-state index contributed by atoms with van der Waals surface area (Å²) in [4.78, 5) is 0. The highest BCUT2D eigenvalue weighted by Crippen LogP contribution is 2.37. The van der Waals surface area contributed by atoms with Crippen LogP contribution in [0.3, 0.4) is 0 Å². The van der Waals surface area contributed by atoms with Gasteiger partial charge < -0.3 is 13.4 Å². The molecule has 0 radical (unpaired) electrons. The van der Waals surface area contributed by atoms with Crippen molar-refractivity contribution in [3.8, 4) is 68.1 Å². The Bertz CT molecular complexity index is 2020. The van der Waals surface area contributed by atoms with Crippen LogP contribution in [0, 0.1) is 0 Å². The smallest absolute Gasteiger partial charge is 0.248 e. The molecule has 7 rings (SSSR count). The lowest BCUT2D eigenvalue weighted by Crippen LogP contribution is -2.01. The molecule has 2 aromatic heterocycles. The maximum absolute atomic E-state index is 12.5. The second-order valence-electron chi connectivity index (χ2n) is 10.8. The third-order valence-electron chi connectivity index (χ3n) is 7.34. The molecule has 44 heavy (non-hydrogen) atoms. The molecular formula is C36H27N4O3P. The van der Waals surface area contributed by atoms with Crippen LogP contribution < -0.4 is 5.30 Å². The molecule has 0 unspecified atom stereocenters. The summed E-state index contributed by atoms with van der Waals surface area (Å²) in [6.07, 6.45) is 0. The number of rotatable bonds is 7. The molecule has 7 nitrogen and oxygen atoms in total. The van der Waals surface area contributed by atoms with E-state index in [4.69, 9.17) is 8.83 Å². The van der Waals surface area contributed by atoms with Crippen LogP contribution in [0.4, 0.5) is 0 Å². The minimum atomic E-state index is -2.33. The molecule has 0 N–H and O–H groups in total. The van der Waals surface area contributed by atoms with Gasteiger partial charge in [-0.1, -0.05) is 78.9 Å². The Balaban J connectivity index is 1.32. The molecule has 0 saturated heterocycles. The van der Waals surface area contributed by atoms with E-state index in [1.807, 2.05) is 109 Å². The van der Waals surface area contributed by atoms with Gasteiger partial charge in [0.15, 0.2) is 0 Å². The van der Waals surface area contributed by atoms with Gasteiger partial charge in [0.25, 0.3) is 0 Å². The number of aromatic nitrogens is 4. The van der Waals surface area contributed by atoms with Crippen molar-refractivity contribution in [2.45, 2.75) is 0 Å². The standard InChI is InChI=1S/C36H27N4O3P/c1-44(2,41)32-18-16-24(17-19-32)27-14-9-15-28(20-27)29-21-30(35-39-37-33(42-35)25-10-5-3-6-11-25)23-31(22-29)36-40-38-34(43-36)26-12-7-4-8-13-26/h3-23H,1-2H3. The highest BCUT2D eigenvalue weighted by Gasteiger charge is 2.18. The Labute approximate surface area is 254 Å². The quantitative estimate of drug-likeness (QED) is 0.170. The number of benzene rings is 5. The van der Waals surface area contributed by atoms with Gasteiger partial charge in [-0.2, -0.15) is 0 Å². The highest BCUT2D eigenvalue weighted by atomic mass is 31.2. The van der Waals surface area contributed by atoms with E-state index in [0.717, 1.165) is 49.8 Å². The molecule has 214 valence electrons. The van der Waals surface area contributed by atoms with Gasteiger partial charge in [0.05, 0.1) is 0 Å². The first kappa shape index (κ1) is 27.4. The summed E-state index contributed by atoms with van der Waals surface area (Å²) in [6.45, 7) is 3.57. The van der Waals surface area contributed by atoms with E-state index in [2.05, 4.69) is 38.6 Å². The largest absolute Gasteiger partial charge is 0.416 e. The van der Waals surface area contributed by atoms with Crippen molar-refractivity contribution in [1.29, 1.82) is 0 Å². The number of hydrogen-bond donors (Lipinski definition) is 0. The summed E-state index contributed by atoms with van der Waals surface area (Å²) in [7, 11) is -2.33. The fourth-order valence-corrected chi connectivity index (χ4v) is 5.87. The fourth-order valence-electron chi connectivity index (χ4n) is 5.01. The SMILES string of the molecule is CP(C)(=O)c1ccc(-c2cccc(-c3cc(-c4nnc(-c5ccccc5)o4)cc(-c4nnc(-c5ccccc5)o4)c3)c2)cc1. The summed E-state index contributed by atoms with van der Waals surface area (Å²) in [5.41, 5.74) is 7.11. The van der Waals surface area contributed by atoms with Crippen molar-refractivity contribution in [1.82, 2.24) is 20.4 Å². The monoisotopic (exact) mass is 594 g/mol. The van der Waals surface area contributed by atoms with E-state index < -0.39 is 7.14 Å². The zero-order chi connectivity index (χ0) is 30.1. The van der Waals surface area contributed by atoms with Crippen molar-refractivity contribution in [3.05, 3.63) is 127 Å². The molecule has 0 spiro atoms. The molecule has 0 aliphatic heterocycles. The van der Waals surface area contributed by atoms with Gasteiger partial charge >= 0.3 is 0 Å².